The Balaban J connectivity index is 1.97. The third kappa shape index (κ3) is 3.92. The summed E-state index contributed by atoms with van der Waals surface area (Å²) >= 11 is 0. The van der Waals surface area contributed by atoms with E-state index in [0.29, 0.717) is 12.4 Å². The lowest BCUT2D eigenvalue weighted by molar-refractivity contribution is -0.384. The van der Waals surface area contributed by atoms with Gasteiger partial charge >= 0.3 is 0 Å². The summed E-state index contributed by atoms with van der Waals surface area (Å²) in [6.07, 6.45) is 6.65. The summed E-state index contributed by atoms with van der Waals surface area (Å²) in [7, 11) is 0. The SMILES string of the molecule is NC1(COc2cccc([N+](=O)[O-])c2)CCCCCC1. The first-order chi connectivity index (χ1) is 9.09. The Kier molecular flexibility index (Phi) is 4.37. The van der Waals surface area contributed by atoms with E-state index in [0.717, 1.165) is 25.7 Å². The van der Waals surface area contributed by atoms with Gasteiger partial charge in [0.15, 0.2) is 0 Å². The van der Waals surface area contributed by atoms with E-state index in [1.165, 1.54) is 25.0 Å². The van der Waals surface area contributed by atoms with Crippen LogP contribution in [0.4, 0.5) is 5.69 Å². The molecule has 0 heterocycles. The van der Waals surface area contributed by atoms with Crippen molar-refractivity contribution in [1.82, 2.24) is 0 Å². The summed E-state index contributed by atoms with van der Waals surface area (Å²) < 4.78 is 5.67. The second-order valence-corrected chi connectivity index (χ2v) is 5.32. The molecule has 0 atom stereocenters. The van der Waals surface area contributed by atoms with Crippen LogP contribution >= 0.6 is 0 Å². The summed E-state index contributed by atoms with van der Waals surface area (Å²) in [6.45, 7) is 0.425. The monoisotopic (exact) mass is 264 g/mol. The highest BCUT2D eigenvalue weighted by Gasteiger charge is 2.27. The lowest BCUT2D eigenvalue weighted by Gasteiger charge is -2.27. The van der Waals surface area contributed by atoms with Gasteiger partial charge in [0.05, 0.1) is 16.5 Å². The molecule has 5 nitrogen and oxygen atoms in total. The molecule has 1 fully saturated rings. The van der Waals surface area contributed by atoms with Crippen LogP contribution in [0.3, 0.4) is 0 Å². The fraction of sp³-hybridized carbons (Fsp3) is 0.571. The van der Waals surface area contributed by atoms with Crippen LogP contribution < -0.4 is 10.5 Å². The molecule has 0 amide bonds. The molecule has 0 saturated heterocycles. The van der Waals surface area contributed by atoms with Gasteiger partial charge in [-0.15, -0.1) is 0 Å². The average Bonchev–Trinajstić information content (AvgIpc) is 2.62. The fourth-order valence-electron chi connectivity index (χ4n) is 2.49. The van der Waals surface area contributed by atoms with Crippen molar-refractivity contribution in [3.05, 3.63) is 34.4 Å². The number of nitrogens with two attached hydrogens (primary N) is 1. The number of nitro groups is 1. The van der Waals surface area contributed by atoms with Crippen molar-refractivity contribution >= 4 is 5.69 Å². The lowest BCUT2D eigenvalue weighted by atomic mass is 9.92. The molecule has 0 bridgehead atoms. The van der Waals surface area contributed by atoms with Crippen molar-refractivity contribution in [3.8, 4) is 5.75 Å². The zero-order valence-corrected chi connectivity index (χ0v) is 11.0. The molecule has 5 heteroatoms. The van der Waals surface area contributed by atoms with Crippen LogP contribution in [0.1, 0.15) is 38.5 Å². The molecule has 1 aliphatic rings. The van der Waals surface area contributed by atoms with Crippen molar-refractivity contribution in [1.29, 1.82) is 0 Å². The topological polar surface area (TPSA) is 78.4 Å². The molecule has 1 aromatic carbocycles. The summed E-state index contributed by atoms with van der Waals surface area (Å²) in [5, 5.41) is 10.7. The van der Waals surface area contributed by atoms with Gasteiger partial charge < -0.3 is 10.5 Å². The Bertz CT molecular complexity index is 440. The maximum atomic E-state index is 10.7. The molecule has 2 rings (SSSR count). The Hall–Kier alpha value is -1.62. The molecule has 0 radical (unpaired) electrons. The van der Waals surface area contributed by atoms with Crippen molar-refractivity contribution in [2.75, 3.05) is 6.61 Å². The van der Waals surface area contributed by atoms with Gasteiger partial charge in [0.1, 0.15) is 12.4 Å². The molecule has 2 N–H and O–H groups in total. The first kappa shape index (κ1) is 13.8. The largest absolute Gasteiger partial charge is 0.491 e. The van der Waals surface area contributed by atoms with Crippen LogP contribution in [0.25, 0.3) is 0 Å². The third-order valence-electron chi connectivity index (χ3n) is 3.65. The predicted octanol–water partition coefficient (Wildman–Crippen LogP) is 3.03. The Labute approximate surface area is 112 Å². The van der Waals surface area contributed by atoms with E-state index in [1.54, 1.807) is 12.1 Å². The second-order valence-electron chi connectivity index (χ2n) is 5.32. The molecule has 1 aromatic rings. The van der Waals surface area contributed by atoms with Crippen LogP contribution in [0.15, 0.2) is 24.3 Å². The number of non-ortho nitro benzene ring substituents is 1. The van der Waals surface area contributed by atoms with Crippen LogP contribution in [0.5, 0.6) is 5.75 Å². The van der Waals surface area contributed by atoms with Crippen molar-refractivity contribution in [2.45, 2.75) is 44.1 Å². The number of rotatable bonds is 4. The number of nitro benzene ring substituents is 1. The molecular weight excluding hydrogens is 244 g/mol. The van der Waals surface area contributed by atoms with Gasteiger partial charge in [-0.1, -0.05) is 31.7 Å². The van der Waals surface area contributed by atoms with Crippen molar-refractivity contribution in [2.24, 2.45) is 5.73 Å². The highest BCUT2D eigenvalue weighted by molar-refractivity contribution is 5.38. The quantitative estimate of drug-likeness (QED) is 0.515. The summed E-state index contributed by atoms with van der Waals surface area (Å²) in [6, 6.07) is 6.26. The second kappa shape index (κ2) is 6.02. The van der Waals surface area contributed by atoms with Gasteiger partial charge in [0, 0.05) is 6.07 Å². The van der Waals surface area contributed by atoms with E-state index < -0.39 is 4.92 Å². The third-order valence-corrected chi connectivity index (χ3v) is 3.65. The molecule has 0 unspecified atom stereocenters. The minimum atomic E-state index is -0.420. The first-order valence-corrected chi connectivity index (χ1v) is 6.75. The smallest absolute Gasteiger partial charge is 0.273 e. The van der Waals surface area contributed by atoms with E-state index >= 15 is 0 Å². The van der Waals surface area contributed by atoms with Crippen LogP contribution in [-0.2, 0) is 0 Å². The van der Waals surface area contributed by atoms with E-state index in [2.05, 4.69) is 0 Å². The summed E-state index contributed by atoms with van der Waals surface area (Å²) in [4.78, 5) is 10.3. The van der Waals surface area contributed by atoms with Gasteiger partial charge in [0.25, 0.3) is 5.69 Å². The lowest BCUT2D eigenvalue weighted by Crippen LogP contribution is -2.45. The van der Waals surface area contributed by atoms with E-state index in [-0.39, 0.29) is 11.2 Å². The fourth-order valence-corrected chi connectivity index (χ4v) is 2.49. The molecule has 0 spiro atoms. The van der Waals surface area contributed by atoms with Gasteiger partial charge in [-0.05, 0) is 18.9 Å². The minimum Gasteiger partial charge on any atom is -0.491 e. The first-order valence-electron chi connectivity index (χ1n) is 6.75. The molecule has 0 aliphatic heterocycles. The normalized spacial score (nSPS) is 18.6. The van der Waals surface area contributed by atoms with Crippen molar-refractivity contribution < 1.29 is 9.66 Å². The van der Waals surface area contributed by atoms with Gasteiger partial charge in [-0.2, -0.15) is 0 Å². The summed E-state index contributed by atoms with van der Waals surface area (Å²) in [5.74, 6) is 0.517. The molecule has 1 aliphatic carbocycles. The Morgan fingerprint density at radius 2 is 1.95 bits per heavy atom. The number of hydrogen-bond donors (Lipinski definition) is 1. The van der Waals surface area contributed by atoms with Crippen LogP contribution in [0.2, 0.25) is 0 Å². The standard InChI is InChI=1S/C14H20N2O3/c15-14(8-3-1-2-4-9-14)11-19-13-7-5-6-12(10-13)16(17)18/h5-7,10H,1-4,8-9,11,15H2. The molecular formula is C14H20N2O3. The highest BCUT2D eigenvalue weighted by Crippen LogP contribution is 2.26. The highest BCUT2D eigenvalue weighted by atomic mass is 16.6. The zero-order chi connectivity index (χ0) is 13.7. The molecule has 1 saturated carbocycles. The van der Waals surface area contributed by atoms with E-state index in [4.69, 9.17) is 10.5 Å². The predicted molar refractivity (Wildman–Crippen MR) is 73.2 cm³/mol. The molecule has 104 valence electrons. The maximum absolute atomic E-state index is 10.7. The molecule has 0 aromatic heterocycles. The van der Waals surface area contributed by atoms with E-state index in [1.807, 2.05) is 0 Å². The van der Waals surface area contributed by atoms with E-state index in [9.17, 15) is 10.1 Å². The summed E-state index contributed by atoms with van der Waals surface area (Å²) in [5.41, 5.74) is 6.10. The number of nitrogens with zero attached hydrogens (tertiary/aromatic N) is 1. The Morgan fingerprint density at radius 3 is 2.58 bits per heavy atom. The van der Waals surface area contributed by atoms with Crippen LogP contribution in [0, 0.1) is 10.1 Å². The van der Waals surface area contributed by atoms with Gasteiger partial charge in [-0.3, -0.25) is 10.1 Å². The molecule has 19 heavy (non-hydrogen) atoms. The minimum absolute atomic E-state index is 0.0458. The van der Waals surface area contributed by atoms with Crippen LogP contribution in [-0.4, -0.2) is 17.1 Å². The van der Waals surface area contributed by atoms with Gasteiger partial charge in [0.2, 0.25) is 0 Å². The Morgan fingerprint density at radius 1 is 1.26 bits per heavy atom. The van der Waals surface area contributed by atoms with Crippen molar-refractivity contribution in [3.63, 3.8) is 0 Å². The average molecular weight is 264 g/mol. The number of ether oxygens (including phenoxy) is 1. The number of hydrogen-bond acceptors (Lipinski definition) is 4. The maximum Gasteiger partial charge on any atom is 0.273 e. The number of benzene rings is 1. The van der Waals surface area contributed by atoms with Gasteiger partial charge in [-0.25, -0.2) is 0 Å². The zero-order valence-electron chi connectivity index (χ0n) is 11.0.